The summed E-state index contributed by atoms with van der Waals surface area (Å²) >= 11 is 0. The van der Waals surface area contributed by atoms with Crippen molar-refractivity contribution in [1.82, 2.24) is 4.98 Å². The fourth-order valence-electron chi connectivity index (χ4n) is 1.74. The van der Waals surface area contributed by atoms with Crippen molar-refractivity contribution in [3.8, 4) is 0 Å². The molecule has 18 heavy (non-hydrogen) atoms. The maximum Gasteiger partial charge on any atom is 0.339 e. The van der Waals surface area contributed by atoms with Crippen molar-refractivity contribution in [2.45, 2.75) is 52.9 Å². The first-order chi connectivity index (χ1) is 8.40. The molecule has 0 aliphatic heterocycles. The Kier molecular flexibility index (Phi) is 4.88. The summed E-state index contributed by atoms with van der Waals surface area (Å²) in [6.45, 7) is 10.7. The quantitative estimate of drug-likeness (QED) is 0.766. The van der Waals surface area contributed by atoms with Crippen LogP contribution >= 0.6 is 0 Å². The lowest BCUT2D eigenvalue weighted by Crippen LogP contribution is -2.17. The van der Waals surface area contributed by atoms with Crippen LogP contribution in [0.4, 0.5) is 0 Å². The van der Waals surface area contributed by atoms with Gasteiger partial charge < -0.3 is 4.74 Å². The number of carbonyl (C=O) groups is 1. The van der Waals surface area contributed by atoms with E-state index in [0.29, 0.717) is 12.2 Å². The highest BCUT2D eigenvalue weighted by atomic mass is 16.5. The van der Waals surface area contributed by atoms with Crippen molar-refractivity contribution in [3.05, 3.63) is 29.1 Å². The molecule has 0 atom stereocenters. The van der Waals surface area contributed by atoms with Gasteiger partial charge in [0.2, 0.25) is 0 Å². The molecule has 1 aromatic heterocycles. The molecule has 100 valence electrons. The number of ether oxygens (including phenoxy) is 1. The molecule has 1 heterocycles. The van der Waals surface area contributed by atoms with Gasteiger partial charge in [0.15, 0.2) is 0 Å². The van der Waals surface area contributed by atoms with Gasteiger partial charge in [-0.2, -0.15) is 0 Å². The lowest BCUT2D eigenvalue weighted by Gasteiger charge is -2.19. The number of nitrogens with zero attached hydrogens (tertiary/aromatic N) is 1. The zero-order valence-electron chi connectivity index (χ0n) is 12.0. The standard InChI is InChI=1S/C15H23NO2/c1-6-8-12-11(14(17)18-7-2)9-10-13(16-12)15(3,4)5/h9-10H,6-8H2,1-5H3. The largest absolute Gasteiger partial charge is 0.462 e. The fraction of sp³-hybridized carbons (Fsp3) is 0.600. The van der Waals surface area contributed by atoms with E-state index in [1.165, 1.54) is 0 Å². The minimum Gasteiger partial charge on any atom is -0.462 e. The monoisotopic (exact) mass is 249 g/mol. The van der Waals surface area contributed by atoms with Crippen LogP contribution in [0.5, 0.6) is 0 Å². The second-order valence-electron chi connectivity index (χ2n) is 5.41. The van der Waals surface area contributed by atoms with Crippen LogP contribution < -0.4 is 0 Å². The maximum atomic E-state index is 11.8. The molecule has 0 aliphatic rings. The molecular formula is C15H23NO2. The van der Waals surface area contributed by atoms with Crippen LogP contribution in [0.1, 0.15) is 62.8 Å². The number of carbonyl (C=O) groups excluding carboxylic acids is 1. The Bertz CT molecular complexity index is 419. The van der Waals surface area contributed by atoms with Gasteiger partial charge in [0, 0.05) is 11.1 Å². The summed E-state index contributed by atoms with van der Waals surface area (Å²) in [5.74, 6) is -0.270. The van der Waals surface area contributed by atoms with E-state index in [9.17, 15) is 4.79 Å². The van der Waals surface area contributed by atoms with Gasteiger partial charge in [-0.05, 0) is 25.5 Å². The molecule has 0 fully saturated rings. The lowest BCUT2D eigenvalue weighted by atomic mass is 9.90. The Morgan fingerprint density at radius 1 is 1.28 bits per heavy atom. The summed E-state index contributed by atoms with van der Waals surface area (Å²) in [4.78, 5) is 16.5. The van der Waals surface area contributed by atoms with Gasteiger partial charge in [-0.1, -0.05) is 34.1 Å². The fourth-order valence-corrected chi connectivity index (χ4v) is 1.74. The van der Waals surface area contributed by atoms with Crippen LogP contribution in [0.15, 0.2) is 12.1 Å². The Hall–Kier alpha value is -1.38. The van der Waals surface area contributed by atoms with Crippen molar-refractivity contribution in [2.24, 2.45) is 0 Å². The molecule has 0 amide bonds. The molecule has 0 bridgehead atoms. The van der Waals surface area contributed by atoms with E-state index < -0.39 is 0 Å². The third-order valence-corrected chi connectivity index (χ3v) is 2.72. The Labute approximate surface area is 110 Å². The predicted molar refractivity (Wildman–Crippen MR) is 72.9 cm³/mol. The van der Waals surface area contributed by atoms with Crippen molar-refractivity contribution in [3.63, 3.8) is 0 Å². The summed E-state index contributed by atoms with van der Waals surface area (Å²) in [6, 6.07) is 3.77. The number of pyridine rings is 1. The van der Waals surface area contributed by atoms with E-state index in [1.807, 2.05) is 19.1 Å². The molecule has 1 rings (SSSR count). The van der Waals surface area contributed by atoms with Crippen LogP contribution in [0, 0.1) is 0 Å². The summed E-state index contributed by atoms with van der Waals surface area (Å²) in [7, 11) is 0. The molecule has 3 heteroatoms. The lowest BCUT2D eigenvalue weighted by molar-refractivity contribution is 0.0524. The minimum absolute atomic E-state index is 0.00428. The number of aromatic nitrogens is 1. The topological polar surface area (TPSA) is 39.2 Å². The number of hydrogen-bond acceptors (Lipinski definition) is 3. The zero-order chi connectivity index (χ0) is 13.8. The average Bonchev–Trinajstić information content (AvgIpc) is 2.28. The van der Waals surface area contributed by atoms with Crippen molar-refractivity contribution in [1.29, 1.82) is 0 Å². The van der Waals surface area contributed by atoms with Crippen LogP contribution in [0.25, 0.3) is 0 Å². The maximum absolute atomic E-state index is 11.8. The molecule has 0 radical (unpaired) electrons. The van der Waals surface area contributed by atoms with Crippen molar-refractivity contribution >= 4 is 5.97 Å². The van der Waals surface area contributed by atoms with Crippen molar-refractivity contribution in [2.75, 3.05) is 6.61 Å². The molecule has 0 N–H and O–H groups in total. The SMILES string of the molecule is CCCc1nc(C(C)(C)C)ccc1C(=O)OCC. The third-order valence-electron chi connectivity index (χ3n) is 2.72. The van der Waals surface area contributed by atoms with Gasteiger partial charge in [-0.15, -0.1) is 0 Å². The normalized spacial score (nSPS) is 11.4. The number of esters is 1. The highest BCUT2D eigenvalue weighted by Crippen LogP contribution is 2.22. The molecule has 0 spiro atoms. The minimum atomic E-state index is -0.270. The molecule has 0 saturated carbocycles. The van der Waals surface area contributed by atoms with Crippen molar-refractivity contribution < 1.29 is 9.53 Å². The smallest absolute Gasteiger partial charge is 0.339 e. The summed E-state index contributed by atoms with van der Waals surface area (Å²) in [6.07, 6.45) is 1.77. The third kappa shape index (κ3) is 3.56. The van der Waals surface area contributed by atoms with Gasteiger partial charge in [-0.3, -0.25) is 4.98 Å². The molecule has 0 unspecified atom stereocenters. The van der Waals surface area contributed by atoms with E-state index in [2.05, 4.69) is 32.7 Å². The first-order valence-electron chi connectivity index (χ1n) is 6.57. The summed E-state index contributed by atoms with van der Waals surface area (Å²) < 4.78 is 5.06. The van der Waals surface area contributed by atoms with E-state index in [0.717, 1.165) is 24.2 Å². The summed E-state index contributed by atoms with van der Waals surface area (Å²) in [5, 5.41) is 0. The molecular weight excluding hydrogens is 226 g/mol. The predicted octanol–water partition coefficient (Wildman–Crippen LogP) is 3.51. The Morgan fingerprint density at radius 3 is 2.44 bits per heavy atom. The molecule has 0 aliphatic carbocycles. The van der Waals surface area contributed by atoms with E-state index in [4.69, 9.17) is 4.74 Å². The average molecular weight is 249 g/mol. The van der Waals surface area contributed by atoms with Gasteiger partial charge in [0.05, 0.1) is 17.9 Å². The van der Waals surface area contributed by atoms with Crippen LogP contribution in [-0.2, 0) is 16.6 Å². The number of rotatable bonds is 4. The molecule has 0 aromatic carbocycles. The highest BCUT2D eigenvalue weighted by molar-refractivity contribution is 5.90. The first kappa shape index (κ1) is 14.7. The summed E-state index contributed by atoms with van der Waals surface area (Å²) in [5.41, 5.74) is 2.46. The van der Waals surface area contributed by atoms with Crippen LogP contribution in [0.3, 0.4) is 0 Å². The highest BCUT2D eigenvalue weighted by Gasteiger charge is 2.19. The molecule has 3 nitrogen and oxygen atoms in total. The van der Waals surface area contributed by atoms with Gasteiger partial charge in [0.25, 0.3) is 0 Å². The van der Waals surface area contributed by atoms with Crippen LogP contribution in [0.2, 0.25) is 0 Å². The second-order valence-corrected chi connectivity index (χ2v) is 5.41. The van der Waals surface area contributed by atoms with Crippen LogP contribution in [-0.4, -0.2) is 17.6 Å². The molecule has 1 aromatic rings. The Morgan fingerprint density at radius 2 is 1.94 bits per heavy atom. The first-order valence-corrected chi connectivity index (χ1v) is 6.57. The Balaban J connectivity index is 3.16. The van der Waals surface area contributed by atoms with Gasteiger partial charge >= 0.3 is 5.97 Å². The van der Waals surface area contributed by atoms with Gasteiger partial charge in [0.1, 0.15) is 0 Å². The van der Waals surface area contributed by atoms with E-state index in [1.54, 1.807) is 0 Å². The second kappa shape index (κ2) is 5.98. The number of hydrogen-bond donors (Lipinski definition) is 0. The van der Waals surface area contributed by atoms with E-state index in [-0.39, 0.29) is 11.4 Å². The number of aryl methyl sites for hydroxylation is 1. The van der Waals surface area contributed by atoms with E-state index >= 15 is 0 Å². The zero-order valence-corrected chi connectivity index (χ0v) is 12.0. The molecule has 0 saturated heterocycles. The van der Waals surface area contributed by atoms with Gasteiger partial charge in [-0.25, -0.2) is 4.79 Å².